The lowest BCUT2D eigenvalue weighted by molar-refractivity contribution is -0.390. The minimum Gasteiger partial charge on any atom is -0.345 e. The van der Waals surface area contributed by atoms with Crippen molar-refractivity contribution in [2.45, 2.75) is 26.6 Å². The van der Waals surface area contributed by atoms with Crippen LogP contribution in [0.2, 0.25) is 0 Å². The number of para-hydroxylation sites is 1. The van der Waals surface area contributed by atoms with Gasteiger partial charge in [0.15, 0.2) is 5.79 Å². The van der Waals surface area contributed by atoms with Crippen molar-refractivity contribution >= 4 is 5.69 Å². The summed E-state index contributed by atoms with van der Waals surface area (Å²) in [5.41, 5.74) is 0.425. The van der Waals surface area contributed by atoms with Gasteiger partial charge in [0.2, 0.25) is 0 Å². The highest BCUT2D eigenvalue weighted by Crippen LogP contribution is 2.39. The molecule has 1 aromatic carbocycles. The SMILES string of the molecule is CC1(C)COC(C)(c2ccccc2[N+](=O)[O-])OC1. The molecule has 1 heterocycles. The van der Waals surface area contributed by atoms with E-state index >= 15 is 0 Å². The molecule has 1 aliphatic rings. The van der Waals surface area contributed by atoms with Gasteiger partial charge < -0.3 is 9.47 Å². The Labute approximate surface area is 106 Å². The van der Waals surface area contributed by atoms with Gasteiger partial charge >= 0.3 is 0 Å². The van der Waals surface area contributed by atoms with E-state index in [2.05, 4.69) is 0 Å². The van der Waals surface area contributed by atoms with Gasteiger partial charge in [0.05, 0.1) is 23.7 Å². The molecule has 1 fully saturated rings. The fourth-order valence-corrected chi connectivity index (χ4v) is 1.92. The number of ether oxygens (including phenoxy) is 2. The van der Waals surface area contributed by atoms with Crippen molar-refractivity contribution in [3.63, 3.8) is 0 Å². The monoisotopic (exact) mass is 251 g/mol. The fourth-order valence-electron chi connectivity index (χ4n) is 1.92. The summed E-state index contributed by atoms with van der Waals surface area (Å²) in [6, 6.07) is 6.53. The summed E-state index contributed by atoms with van der Waals surface area (Å²) < 4.78 is 11.5. The van der Waals surface area contributed by atoms with E-state index in [1.807, 2.05) is 13.8 Å². The van der Waals surface area contributed by atoms with Crippen molar-refractivity contribution in [1.82, 2.24) is 0 Å². The van der Waals surface area contributed by atoms with E-state index in [-0.39, 0.29) is 11.1 Å². The van der Waals surface area contributed by atoms with Crippen molar-refractivity contribution in [2.24, 2.45) is 5.41 Å². The quantitative estimate of drug-likeness (QED) is 0.599. The third-order valence-electron chi connectivity index (χ3n) is 3.07. The molecular formula is C13H17NO4. The van der Waals surface area contributed by atoms with Gasteiger partial charge in [-0.25, -0.2) is 0 Å². The molecule has 18 heavy (non-hydrogen) atoms. The molecule has 0 bridgehead atoms. The molecule has 2 rings (SSSR count). The van der Waals surface area contributed by atoms with Crippen LogP contribution in [0.25, 0.3) is 0 Å². The van der Waals surface area contributed by atoms with Gasteiger partial charge in [0, 0.05) is 11.5 Å². The molecule has 98 valence electrons. The number of nitro groups is 1. The van der Waals surface area contributed by atoms with Crippen molar-refractivity contribution in [3.8, 4) is 0 Å². The first kappa shape index (κ1) is 13.0. The Morgan fingerprint density at radius 3 is 2.28 bits per heavy atom. The van der Waals surface area contributed by atoms with Crippen LogP contribution in [0.15, 0.2) is 24.3 Å². The highest BCUT2D eigenvalue weighted by Gasteiger charge is 2.41. The Kier molecular flexibility index (Phi) is 3.12. The van der Waals surface area contributed by atoms with Gasteiger partial charge in [-0.1, -0.05) is 26.0 Å². The van der Waals surface area contributed by atoms with Crippen LogP contribution in [0.1, 0.15) is 26.3 Å². The third kappa shape index (κ3) is 2.37. The lowest BCUT2D eigenvalue weighted by Crippen LogP contribution is -2.43. The van der Waals surface area contributed by atoms with Gasteiger partial charge in [-0.05, 0) is 13.0 Å². The van der Waals surface area contributed by atoms with E-state index in [4.69, 9.17) is 9.47 Å². The number of hydrogen-bond acceptors (Lipinski definition) is 4. The van der Waals surface area contributed by atoms with Crippen LogP contribution >= 0.6 is 0 Å². The average Bonchev–Trinajstić information content (AvgIpc) is 2.33. The first-order valence-electron chi connectivity index (χ1n) is 5.86. The van der Waals surface area contributed by atoms with E-state index in [0.717, 1.165) is 0 Å². The maximum absolute atomic E-state index is 11.0. The zero-order chi connectivity index (χ0) is 13.4. The Morgan fingerprint density at radius 1 is 1.17 bits per heavy atom. The molecule has 5 heteroatoms. The lowest BCUT2D eigenvalue weighted by Gasteiger charge is -2.41. The minimum atomic E-state index is -1.04. The Morgan fingerprint density at radius 2 is 1.72 bits per heavy atom. The second-order valence-electron chi connectivity index (χ2n) is 5.46. The largest absolute Gasteiger partial charge is 0.345 e. The highest BCUT2D eigenvalue weighted by molar-refractivity contribution is 5.42. The molecule has 1 aromatic rings. The second kappa shape index (κ2) is 4.33. The summed E-state index contributed by atoms with van der Waals surface area (Å²) in [5.74, 6) is -1.04. The summed E-state index contributed by atoms with van der Waals surface area (Å²) in [6.07, 6.45) is 0. The van der Waals surface area contributed by atoms with E-state index in [1.54, 1.807) is 25.1 Å². The molecular weight excluding hydrogens is 234 g/mol. The van der Waals surface area contributed by atoms with E-state index in [0.29, 0.717) is 18.8 Å². The van der Waals surface area contributed by atoms with E-state index < -0.39 is 10.7 Å². The molecule has 0 aromatic heterocycles. The Hall–Kier alpha value is -1.46. The highest BCUT2D eigenvalue weighted by atomic mass is 16.7. The lowest BCUT2D eigenvalue weighted by atomic mass is 9.93. The third-order valence-corrected chi connectivity index (χ3v) is 3.07. The molecule has 0 unspecified atom stereocenters. The number of nitro benzene ring substituents is 1. The van der Waals surface area contributed by atoms with Gasteiger partial charge in [-0.3, -0.25) is 10.1 Å². The number of hydrogen-bond donors (Lipinski definition) is 0. The molecule has 1 aliphatic heterocycles. The molecule has 0 atom stereocenters. The maximum Gasteiger partial charge on any atom is 0.277 e. The number of nitrogens with zero attached hydrogens (tertiary/aromatic N) is 1. The topological polar surface area (TPSA) is 61.6 Å². The van der Waals surface area contributed by atoms with Crippen LogP contribution in [0, 0.1) is 15.5 Å². The van der Waals surface area contributed by atoms with Crippen molar-refractivity contribution in [2.75, 3.05) is 13.2 Å². The molecule has 1 saturated heterocycles. The predicted molar refractivity (Wildman–Crippen MR) is 66.1 cm³/mol. The molecule has 0 saturated carbocycles. The van der Waals surface area contributed by atoms with Gasteiger partial charge in [-0.15, -0.1) is 0 Å². The molecule has 0 amide bonds. The van der Waals surface area contributed by atoms with Crippen LogP contribution in [0.4, 0.5) is 5.69 Å². The second-order valence-corrected chi connectivity index (χ2v) is 5.46. The van der Waals surface area contributed by atoms with Crippen molar-refractivity contribution in [3.05, 3.63) is 39.9 Å². The van der Waals surface area contributed by atoms with Gasteiger partial charge in [0.1, 0.15) is 0 Å². The Balaban J connectivity index is 2.34. The molecule has 0 radical (unpaired) electrons. The number of rotatable bonds is 2. The Bertz CT molecular complexity index is 460. The maximum atomic E-state index is 11.0. The standard InChI is InChI=1S/C13H17NO4/c1-12(2)8-17-13(3,18-9-12)10-6-4-5-7-11(10)14(15)16/h4-7H,8-9H2,1-3H3. The van der Waals surface area contributed by atoms with E-state index in [9.17, 15) is 10.1 Å². The fraction of sp³-hybridized carbons (Fsp3) is 0.538. The van der Waals surface area contributed by atoms with Gasteiger partial charge in [-0.2, -0.15) is 0 Å². The minimum absolute atomic E-state index is 0.0275. The summed E-state index contributed by atoms with van der Waals surface area (Å²) in [6.45, 7) is 6.81. The molecule has 0 aliphatic carbocycles. The van der Waals surface area contributed by atoms with Crippen LogP contribution in [-0.4, -0.2) is 18.1 Å². The van der Waals surface area contributed by atoms with Crippen LogP contribution in [0.5, 0.6) is 0 Å². The summed E-state index contributed by atoms with van der Waals surface area (Å²) in [5, 5.41) is 11.0. The smallest absolute Gasteiger partial charge is 0.277 e. The average molecular weight is 251 g/mol. The molecule has 5 nitrogen and oxygen atoms in total. The van der Waals surface area contributed by atoms with Crippen LogP contribution in [-0.2, 0) is 15.3 Å². The zero-order valence-electron chi connectivity index (χ0n) is 10.8. The normalized spacial score (nSPS) is 21.5. The zero-order valence-corrected chi connectivity index (χ0v) is 10.8. The van der Waals surface area contributed by atoms with Crippen molar-refractivity contribution in [1.29, 1.82) is 0 Å². The molecule has 0 N–H and O–H groups in total. The summed E-state index contributed by atoms with van der Waals surface area (Å²) in [4.78, 5) is 10.6. The predicted octanol–water partition coefficient (Wildman–Crippen LogP) is 2.84. The first-order valence-corrected chi connectivity index (χ1v) is 5.86. The van der Waals surface area contributed by atoms with Crippen LogP contribution < -0.4 is 0 Å². The van der Waals surface area contributed by atoms with Gasteiger partial charge in [0.25, 0.3) is 5.69 Å². The van der Waals surface area contributed by atoms with Crippen molar-refractivity contribution < 1.29 is 14.4 Å². The summed E-state index contributed by atoms with van der Waals surface area (Å²) in [7, 11) is 0. The molecule has 0 spiro atoms. The number of benzene rings is 1. The first-order chi connectivity index (χ1) is 8.34. The summed E-state index contributed by atoms with van der Waals surface area (Å²) >= 11 is 0. The van der Waals surface area contributed by atoms with Crippen LogP contribution in [0.3, 0.4) is 0 Å². The van der Waals surface area contributed by atoms with E-state index in [1.165, 1.54) is 6.07 Å².